The van der Waals surface area contributed by atoms with Crippen LogP contribution in [-0.4, -0.2) is 37.9 Å². The van der Waals surface area contributed by atoms with E-state index in [-0.39, 0.29) is 31.6 Å². The summed E-state index contributed by atoms with van der Waals surface area (Å²) in [4.78, 5) is 25.3. The maximum atomic E-state index is 12.8. The lowest BCUT2D eigenvalue weighted by molar-refractivity contribution is -0.162. The second-order valence-corrected chi connectivity index (χ2v) is 16.3. The van der Waals surface area contributed by atoms with E-state index in [1.165, 1.54) is 83.5 Å². The average Bonchev–Trinajstić information content (AvgIpc) is 3.27. The van der Waals surface area contributed by atoms with Crippen molar-refractivity contribution in [3.8, 4) is 0 Å². The van der Waals surface area contributed by atoms with Crippen molar-refractivity contribution in [2.24, 2.45) is 0 Å². The van der Waals surface area contributed by atoms with Gasteiger partial charge in [0.05, 0.1) is 13.0 Å². The third-order valence-electron chi connectivity index (χ3n) is 10.3. The highest BCUT2D eigenvalue weighted by atomic mass is 16.6. The molecule has 1 atom stereocenters. The van der Waals surface area contributed by atoms with Crippen LogP contribution in [0.15, 0.2) is 109 Å². The van der Waals surface area contributed by atoms with E-state index in [1.807, 2.05) is 12.2 Å². The molecule has 0 heterocycles. The Bertz CT molecular complexity index is 1250. The number of rotatable bonds is 45. The summed E-state index contributed by atoms with van der Waals surface area (Å²) in [5.74, 6) is -0.571. The van der Waals surface area contributed by atoms with E-state index < -0.39 is 6.10 Å². The summed E-state index contributed by atoms with van der Waals surface area (Å²) < 4.78 is 17.3. The van der Waals surface area contributed by atoms with Gasteiger partial charge in [0.1, 0.15) is 6.61 Å². The lowest BCUT2D eigenvalue weighted by atomic mass is 10.1. The fraction of sp³-hybridized carbons (Fsp3) is 0.649. The van der Waals surface area contributed by atoms with Crippen LogP contribution in [0.3, 0.4) is 0 Å². The van der Waals surface area contributed by atoms with Crippen LogP contribution in [0.25, 0.3) is 0 Å². The van der Waals surface area contributed by atoms with Gasteiger partial charge in [0.15, 0.2) is 6.10 Å². The first-order valence-electron chi connectivity index (χ1n) is 25.4. The van der Waals surface area contributed by atoms with Gasteiger partial charge in [-0.2, -0.15) is 0 Å². The fourth-order valence-electron chi connectivity index (χ4n) is 6.59. The average molecular weight is 859 g/mol. The summed E-state index contributed by atoms with van der Waals surface area (Å²) in [5, 5.41) is 0. The molecule has 0 rings (SSSR count). The first kappa shape index (κ1) is 58.6. The molecule has 0 spiro atoms. The van der Waals surface area contributed by atoms with E-state index in [2.05, 4.69) is 118 Å². The molecular formula is C57H94O5. The lowest BCUT2D eigenvalue weighted by Crippen LogP contribution is -2.30. The normalized spacial score (nSPS) is 13.1. The molecule has 5 heteroatoms. The van der Waals surface area contributed by atoms with Crippen LogP contribution >= 0.6 is 0 Å². The zero-order valence-electron chi connectivity index (χ0n) is 40.3. The molecule has 0 saturated heterocycles. The number of hydrogen-bond acceptors (Lipinski definition) is 5. The molecule has 0 aromatic heterocycles. The molecule has 0 aliphatic carbocycles. The third-order valence-corrected chi connectivity index (χ3v) is 10.3. The van der Waals surface area contributed by atoms with E-state index >= 15 is 0 Å². The van der Waals surface area contributed by atoms with Gasteiger partial charge in [-0.05, 0) is 103 Å². The Hall–Kier alpha value is -3.44. The summed E-state index contributed by atoms with van der Waals surface area (Å²) in [7, 11) is 0. The fourth-order valence-corrected chi connectivity index (χ4v) is 6.59. The molecule has 0 fully saturated rings. The van der Waals surface area contributed by atoms with Crippen molar-refractivity contribution in [1.29, 1.82) is 0 Å². The molecule has 5 nitrogen and oxygen atoms in total. The van der Waals surface area contributed by atoms with Crippen LogP contribution in [-0.2, 0) is 23.8 Å². The largest absolute Gasteiger partial charge is 0.461 e. The summed E-state index contributed by atoms with van der Waals surface area (Å²) >= 11 is 0. The molecule has 0 N–H and O–H groups in total. The Balaban J connectivity index is 4.45. The first-order chi connectivity index (χ1) is 30.6. The molecule has 62 heavy (non-hydrogen) atoms. The highest BCUT2D eigenvalue weighted by Crippen LogP contribution is 2.12. The summed E-state index contributed by atoms with van der Waals surface area (Å²) in [6.07, 6.45) is 71.2. The van der Waals surface area contributed by atoms with E-state index in [0.717, 1.165) is 96.3 Å². The third kappa shape index (κ3) is 49.2. The molecule has 0 bridgehead atoms. The van der Waals surface area contributed by atoms with Crippen molar-refractivity contribution in [3.63, 3.8) is 0 Å². The summed E-state index contributed by atoms with van der Waals surface area (Å²) in [6.45, 7) is 7.45. The van der Waals surface area contributed by atoms with Crippen LogP contribution in [0.2, 0.25) is 0 Å². The maximum Gasteiger partial charge on any atom is 0.309 e. The van der Waals surface area contributed by atoms with Gasteiger partial charge in [-0.3, -0.25) is 9.59 Å². The molecule has 0 aromatic rings. The van der Waals surface area contributed by atoms with Crippen LogP contribution in [0.5, 0.6) is 0 Å². The smallest absolute Gasteiger partial charge is 0.309 e. The number of allylic oxidation sites excluding steroid dienone is 17. The van der Waals surface area contributed by atoms with E-state index in [9.17, 15) is 9.59 Å². The van der Waals surface area contributed by atoms with Crippen molar-refractivity contribution in [1.82, 2.24) is 0 Å². The van der Waals surface area contributed by atoms with Crippen molar-refractivity contribution in [3.05, 3.63) is 109 Å². The van der Waals surface area contributed by atoms with Crippen LogP contribution in [0.1, 0.15) is 213 Å². The molecule has 352 valence electrons. The minimum atomic E-state index is -0.594. The van der Waals surface area contributed by atoms with Gasteiger partial charge in [-0.25, -0.2) is 0 Å². The van der Waals surface area contributed by atoms with E-state index in [4.69, 9.17) is 14.2 Å². The number of ether oxygens (including phenoxy) is 3. The van der Waals surface area contributed by atoms with Crippen LogP contribution in [0.4, 0.5) is 0 Å². The Labute approximate surface area is 383 Å². The minimum Gasteiger partial charge on any atom is -0.461 e. The molecule has 1 unspecified atom stereocenters. The second kappa shape index (κ2) is 51.9. The molecule has 0 saturated carbocycles. The molecule has 0 aliphatic rings. The number of unbranched alkanes of at least 4 members (excludes halogenated alkanes) is 17. The minimum absolute atomic E-state index is 0.0158. The SMILES string of the molecule is CC/C=C\C/C=C\C/C=C\C/C=C\C/C=C\CC(=O)OCC(COCCCCCCCC/C=C\CCCCCCCC)OC(=O)CCCCCCC/C=C\C/C=C\C/C=C\CC. The molecule has 0 radical (unpaired) electrons. The van der Waals surface area contributed by atoms with Crippen LogP contribution in [0, 0.1) is 0 Å². The maximum absolute atomic E-state index is 12.8. The number of carbonyl (C=O) groups excluding carboxylic acids is 2. The Kier molecular flexibility index (Phi) is 49.0. The van der Waals surface area contributed by atoms with Gasteiger partial charge in [0.2, 0.25) is 0 Å². The van der Waals surface area contributed by atoms with Crippen molar-refractivity contribution < 1.29 is 23.8 Å². The Morgan fingerprint density at radius 1 is 0.387 bits per heavy atom. The van der Waals surface area contributed by atoms with Gasteiger partial charge >= 0.3 is 11.9 Å². The Morgan fingerprint density at radius 2 is 0.774 bits per heavy atom. The number of esters is 2. The van der Waals surface area contributed by atoms with Crippen molar-refractivity contribution >= 4 is 11.9 Å². The topological polar surface area (TPSA) is 61.8 Å². The van der Waals surface area contributed by atoms with Gasteiger partial charge in [-0.15, -0.1) is 0 Å². The van der Waals surface area contributed by atoms with Gasteiger partial charge < -0.3 is 14.2 Å². The van der Waals surface area contributed by atoms with Crippen molar-refractivity contribution in [2.75, 3.05) is 19.8 Å². The summed E-state index contributed by atoms with van der Waals surface area (Å²) in [6, 6.07) is 0. The highest BCUT2D eigenvalue weighted by Gasteiger charge is 2.17. The van der Waals surface area contributed by atoms with Gasteiger partial charge in [-0.1, -0.05) is 207 Å². The molecule has 0 amide bonds. The summed E-state index contributed by atoms with van der Waals surface area (Å²) in [5.41, 5.74) is 0. The number of carbonyl (C=O) groups is 2. The zero-order valence-corrected chi connectivity index (χ0v) is 40.3. The zero-order chi connectivity index (χ0) is 44.9. The molecular weight excluding hydrogens is 765 g/mol. The van der Waals surface area contributed by atoms with Crippen LogP contribution < -0.4 is 0 Å². The van der Waals surface area contributed by atoms with E-state index in [0.29, 0.717) is 13.0 Å². The lowest BCUT2D eigenvalue weighted by Gasteiger charge is -2.18. The quantitative estimate of drug-likeness (QED) is 0.0347. The predicted octanol–water partition coefficient (Wildman–Crippen LogP) is 17.2. The first-order valence-corrected chi connectivity index (χ1v) is 25.4. The van der Waals surface area contributed by atoms with Gasteiger partial charge in [0.25, 0.3) is 0 Å². The predicted molar refractivity (Wildman–Crippen MR) is 269 cm³/mol. The molecule has 0 aliphatic heterocycles. The van der Waals surface area contributed by atoms with Crippen molar-refractivity contribution in [2.45, 2.75) is 219 Å². The Morgan fingerprint density at radius 3 is 1.26 bits per heavy atom. The monoisotopic (exact) mass is 859 g/mol. The number of hydrogen-bond donors (Lipinski definition) is 0. The van der Waals surface area contributed by atoms with E-state index in [1.54, 1.807) is 0 Å². The van der Waals surface area contributed by atoms with Gasteiger partial charge in [0, 0.05) is 13.0 Å². The second-order valence-electron chi connectivity index (χ2n) is 16.3. The highest BCUT2D eigenvalue weighted by molar-refractivity contribution is 5.71. The standard InChI is InChI=1S/C57H94O5/c1-4-7-10-13-16-19-22-25-28-31-34-37-40-43-46-49-52-60-53-55(62-57(59)51-48-45-42-39-36-33-30-27-24-21-18-15-12-9-6-3)54-61-56(58)50-47-44-41-38-35-32-29-26-23-20-17-14-11-8-5-2/h8-9,11-12,17-18,20-21,25-30,35,38,44,47,55H,4-7,10,13-16,19,22-24,31-34,36-37,39-43,45-46,48-54H2,1-3H3/b11-8-,12-9-,20-17-,21-18-,28-25-,29-26-,30-27-,38-35-,47-44-. The molecule has 0 aromatic carbocycles.